The number of fused-ring (bicyclic) bond motifs is 1. The highest BCUT2D eigenvalue weighted by molar-refractivity contribution is 5.85. The van der Waals surface area contributed by atoms with Crippen LogP contribution in [0.5, 0.6) is 5.75 Å². The second kappa shape index (κ2) is 9.13. The van der Waals surface area contributed by atoms with Gasteiger partial charge in [-0.25, -0.2) is 4.79 Å². The number of aromatic amines is 2. The SMILES string of the molecule is COc1ccc([C@H]2[C@@H]3CN(Cc4cc(=O)[nH]c(=O)[nH]4)C[C@@H]3CN2C)cc1.Cl.Cl. The van der Waals surface area contributed by atoms with Gasteiger partial charge in [0.05, 0.1) is 7.11 Å². The third-order valence-electron chi connectivity index (χ3n) is 5.64. The number of aromatic nitrogens is 2. The van der Waals surface area contributed by atoms with Gasteiger partial charge in [-0.05, 0) is 36.6 Å². The molecule has 1 aromatic heterocycles. The second-order valence-electron chi connectivity index (χ2n) is 7.39. The Bertz CT molecular complexity index is 871. The fraction of sp³-hybridized carbons (Fsp3) is 0.474. The first-order chi connectivity index (χ1) is 12.5. The van der Waals surface area contributed by atoms with Gasteiger partial charge in [-0.15, -0.1) is 24.8 Å². The van der Waals surface area contributed by atoms with E-state index in [4.69, 9.17) is 4.74 Å². The minimum atomic E-state index is -0.442. The molecule has 0 unspecified atom stereocenters. The Morgan fingerprint density at radius 3 is 2.43 bits per heavy atom. The fourth-order valence-corrected chi connectivity index (χ4v) is 4.63. The number of methoxy groups -OCH3 is 1. The maximum Gasteiger partial charge on any atom is 0.325 e. The van der Waals surface area contributed by atoms with Crippen LogP contribution in [0.4, 0.5) is 0 Å². The van der Waals surface area contributed by atoms with Gasteiger partial charge in [0.15, 0.2) is 0 Å². The standard InChI is InChI=1S/C19H24N4O3.2ClH/c1-22-8-13-9-23(10-14-7-17(24)21-19(25)20-14)11-16(13)18(22)12-3-5-15(26-2)6-4-12;;/h3-7,13,16,18H,8-11H2,1-2H3,(H2,20,21,24,25);2*1H/t13-,16+,18-;;/m0../s1. The minimum absolute atomic E-state index is 0. The van der Waals surface area contributed by atoms with Gasteiger partial charge in [-0.2, -0.15) is 0 Å². The number of hydrogen-bond acceptors (Lipinski definition) is 5. The third kappa shape index (κ3) is 4.43. The van der Waals surface area contributed by atoms with Crippen LogP contribution in [0.2, 0.25) is 0 Å². The van der Waals surface area contributed by atoms with Gasteiger partial charge in [0.2, 0.25) is 0 Å². The summed E-state index contributed by atoms with van der Waals surface area (Å²) in [5.41, 5.74) is 1.20. The zero-order chi connectivity index (χ0) is 18.3. The van der Waals surface area contributed by atoms with Crippen molar-refractivity contribution >= 4 is 24.8 Å². The highest BCUT2D eigenvalue weighted by Gasteiger charge is 2.45. The molecule has 0 bridgehead atoms. The Morgan fingerprint density at radius 1 is 1.07 bits per heavy atom. The number of ether oxygens (including phenoxy) is 1. The van der Waals surface area contributed by atoms with Crippen LogP contribution in [0, 0.1) is 11.8 Å². The van der Waals surface area contributed by atoms with E-state index in [-0.39, 0.29) is 30.4 Å². The first kappa shape index (κ1) is 22.5. The number of halogens is 2. The molecule has 154 valence electrons. The number of hydrogen-bond donors (Lipinski definition) is 2. The molecular weight excluding hydrogens is 403 g/mol. The molecule has 4 rings (SSSR count). The summed E-state index contributed by atoms with van der Waals surface area (Å²) < 4.78 is 5.27. The molecule has 9 heteroatoms. The average molecular weight is 429 g/mol. The Morgan fingerprint density at radius 2 is 1.79 bits per heavy atom. The van der Waals surface area contributed by atoms with Gasteiger partial charge in [-0.1, -0.05) is 12.1 Å². The van der Waals surface area contributed by atoms with Gasteiger partial charge in [0.25, 0.3) is 5.56 Å². The molecule has 2 aliphatic heterocycles. The van der Waals surface area contributed by atoms with Gasteiger partial charge in [0, 0.05) is 44.0 Å². The van der Waals surface area contributed by atoms with Crippen LogP contribution in [-0.4, -0.2) is 53.6 Å². The van der Waals surface area contributed by atoms with Crippen molar-refractivity contribution in [1.82, 2.24) is 19.8 Å². The maximum atomic E-state index is 11.5. The first-order valence-electron chi connectivity index (χ1n) is 8.92. The van der Waals surface area contributed by atoms with Crippen molar-refractivity contribution in [1.29, 1.82) is 0 Å². The molecule has 0 saturated carbocycles. The van der Waals surface area contributed by atoms with E-state index in [9.17, 15) is 9.59 Å². The quantitative estimate of drug-likeness (QED) is 0.773. The number of likely N-dealkylation sites (tertiary alicyclic amines) is 2. The van der Waals surface area contributed by atoms with E-state index in [0.717, 1.165) is 25.4 Å². The topological polar surface area (TPSA) is 81.4 Å². The molecule has 2 N–H and O–H groups in total. The second-order valence-corrected chi connectivity index (χ2v) is 7.39. The van der Waals surface area contributed by atoms with Crippen molar-refractivity contribution in [3.63, 3.8) is 0 Å². The molecular formula is C19H26Cl2N4O3. The molecule has 2 aliphatic rings. The number of nitrogens with one attached hydrogen (secondary N) is 2. The van der Waals surface area contributed by atoms with E-state index >= 15 is 0 Å². The lowest BCUT2D eigenvalue weighted by Crippen LogP contribution is -2.31. The van der Waals surface area contributed by atoms with Crippen molar-refractivity contribution in [3.8, 4) is 5.75 Å². The first-order valence-corrected chi connectivity index (χ1v) is 8.92. The van der Waals surface area contributed by atoms with E-state index in [1.165, 1.54) is 11.6 Å². The van der Waals surface area contributed by atoms with Crippen LogP contribution in [0.25, 0.3) is 0 Å². The summed E-state index contributed by atoms with van der Waals surface area (Å²) in [6.45, 7) is 3.60. The summed E-state index contributed by atoms with van der Waals surface area (Å²) in [6.07, 6.45) is 0. The van der Waals surface area contributed by atoms with Crippen molar-refractivity contribution < 1.29 is 4.74 Å². The zero-order valence-electron chi connectivity index (χ0n) is 15.9. The number of H-pyrrole nitrogens is 2. The predicted molar refractivity (Wildman–Crippen MR) is 113 cm³/mol. The zero-order valence-corrected chi connectivity index (χ0v) is 17.5. The fourth-order valence-electron chi connectivity index (χ4n) is 4.63. The maximum absolute atomic E-state index is 11.5. The lowest BCUT2D eigenvalue weighted by molar-refractivity contribution is 0.223. The number of nitrogens with zero attached hydrogens (tertiary/aromatic N) is 2. The van der Waals surface area contributed by atoms with Crippen molar-refractivity contribution in [2.45, 2.75) is 12.6 Å². The highest BCUT2D eigenvalue weighted by Crippen LogP contribution is 2.44. The average Bonchev–Trinajstić information content (AvgIpc) is 3.09. The molecule has 2 saturated heterocycles. The molecule has 0 aliphatic carbocycles. The molecule has 0 amide bonds. The van der Waals surface area contributed by atoms with E-state index < -0.39 is 5.69 Å². The largest absolute Gasteiger partial charge is 0.497 e. The Kier molecular flexibility index (Phi) is 7.33. The molecule has 1 aromatic carbocycles. The van der Waals surface area contributed by atoms with E-state index in [1.807, 2.05) is 12.1 Å². The Labute approximate surface area is 175 Å². The highest BCUT2D eigenvalue weighted by atomic mass is 35.5. The number of benzene rings is 1. The van der Waals surface area contributed by atoms with Crippen LogP contribution in [0.15, 0.2) is 39.9 Å². The van der Waals surface area contributed by atoms with Crippen LogP contribution < -0.4 is 16.0 Å². The summed E-state index contributed by atoms with van der Waals surface area (Å²) in [7, 11) is 3.87. The molecule has 7 nitrogen and oxygen atoms in total. The van der Waals surface area contributed by atoms with Gasteiger partial charge in [-0.3, -0.25) is 19.6 Å². The minimum Gasteiger partial charge on any atom is -0.497 e. The van der Waals surface area contributed by atoms with Crippen LogP contribution in [0.1, 0.15) is 17.3 Å². The Balaban J connectivity index is 0.00000140. The smallest absolute Gasteiger partial charge is 0.325 e. The molecule has 3 heterocycles. The lowest BCUT2D eigenvalue weighted by atomic mass is 9.89. The van der Waals surface area contributed by atoms with Crippen molar-refractivity contribution in [2.75, 3.05) is 33.8 Å². The monoisotopic (exact) mass is 428 g/mol. The molecule has 28 heavy (non-hydrogen) atoms. The van der Waals surface area contributed by atoms with Gasteiger partial charge >= 0.3 is 5.69 Å². The predicted octanol–water partition coefficient (Wildman–Crippen LogP) is 1.65. The van der Waals surface area contributed by atoms with Crippen LogP contribution in [-0.2, 0) is 6.54 Å². The van der Waals surface area contributed by atoms with Crippen molar-refractivity contribution in [3.05, 3.63) is 62.4 Å². The summed E-state index contributed by atoms with van der Waals surface area (Å²) in [5.74, 6) is 2.01. The van der Waals surface area contributed by atoms with Crippen LogP contribution >= 0.6 is 24.8 Å². The molecule has 2 aromatic rings. The van der Waals surface area contributed by atoms with E-state index in [0.29, 0.717) is 30.1 Å². The summed E-state index contributed by atoms with van der Waals surface area (Å²) in [6, 6.07) is 10.2. The lowest BCUT2D eigenvalue weighted by Gasteiger charge is -2.27. The summed E-state index contributed by atoms with van der Waals surface area (Å²) in [5, 5.41) is 0. The van der Waals surface area contributed by atoms with E-state index in [1.54, 1.807) is 7.11 Å². The summed E-state index contributed by atoms with van der Waals surface area (Å²) in [4.78, 5) is 32.7. The summed E-state index contributed by atoms with van der Waals surface area (Å²) >= 11 is 0. The molecule has 2 fully saturated rings. The molecule has 3 atom stereocenters. The number of rotatable bonds is 4. The van der Waals surface area contributed by atoms with Gasteiger partial charge < -0.3 is 9.72 Å². The van der Waals surface area contributed by atoms with Crippen LogP contribution in [0.3, 0.4) is 0 Å². The normalized spacial score (nSPS) is 24.3. The Hall–Kier alpha value is -1.80. The molecule has 0 radical (unpaired) electrons. The molecule has 0 spiro atoms. The van der Waals surface area contributed by atoms with Crippen molar-refractivity contribution in [2.24, 2.45) is 11.8 Å². The third-order valence-corrected chi connectivity index (χ3v) is 5.64. The van der Waals surface area contributed by atoms with Gasteiger partial charge in [0.1, 0.15) is 5.75 Å². The van der Waals surface area contributed by atoms with E-state index in [2.05, 4.69) is 38.9 Å².